The van der Waals surface area contributed by atoms with Crippen LogP contribution in [-0.2, 0) is 19.4 Å². The molecular weight excluding hydrogens is 302 g/mol. The highest BCUT2D eigenvalue weighted by Gasteiger charge is 2.12. The molecule has 1 aromatic heterocycles. The van der Waals surface area contributed by atoms with Crippen LogP contribution in [0.4, 0.5) is 0 Å². The van der Waals surface area contributed by atoms with Gasteiger partial charge in [0.2, 0.25) is 0 Å². The molecule has 0 saturated carbocycles. The number of halogens is 1. The van der Waals surface area contributed by atoms with E-state index < -0.39 is 0 Å². The Morgan fingerprint density at radius 3 is 2.74 bits per heavy atom. The van der Waals surface area contributed by atoms with Crippen molar-refractivity contribution in [1.29, 1.82) is 0 Å². The first-order chi connectivity index (χ1) is 9.22. The van der Waals surface area contributed by atoms with Gasteiger partial charge in [-0.15, -0.1) is 0 Å². The molecule has 2 aromatic rings. The zero-order chi connectivity index (χ0) is 13.7. The van der Waals surface area contributed by atoms with Gasteiger partial charge in [-0.25, -0.2) is 0 Å². The van der Waals surface area contributed by atoms with Gasteiger partial charge in [0, 0.05) is 17.2 Å². The van der Waals surface area contributed by atoms with Gasteiger partial charge in [-0.1, -0.05) is 34.1 Å². The maximum Gasteiger partial charge on any atom is 0.0521 e. The number of aryl methyl sites for hydroxylation is 1. The molecule has 0 fully saturated rings. The minimum atomic E-state index is 0.452. The summed E-state index contributed by atoms with van der Waals surface area (Å²) in [5.74, 6) is 0.452. The number of nitrogens with zero attached hydrogens (tertiary/aromatic N) is 2. The van der Waals surface area contributed by atoms with Crippen LogP contribution in [0.5, 0.6) is 0 Å². The molecule has 2 rings (SSSR count). The van der Waals surface area contributed by atoms with Crippen molar-refractivity contribution < 1.29 is 0 Å². The molecule has 2 N–H and O–H groups in total. The largest absolute Gasteiger partial charge is 0.330 e. The lowest BCUT2D eigenvalue weighted by Crippen LogP contribution is -2.19. The molecule has 0 spiro atoms. The maximum absolute atomic E-state index is 5.92. The Balaban J connectivity index is 2.02. The molecule has 19 heavy (non-hydrogen) atoms. The topological polar surface area (TPSA) is 43.8 Å². The molecule has 1 atom stereocenters. The van der Waals surface area contributed by atoms with Crippen molar-refractivity contribution in [3.63, 3.8) is 0 Å². The Labute approximate surface area is 122 Å². The van der Waals surface area contributed by atoms with Gasteiger partial charge < -0.3 is 5.73 Å². The van der Waals surface area contributed by atoms with Crippen molar-refractivity contribution in [1.82, 2.24) is 9.78 Å². The predicted octanol–water partition coefficient (Wildman–Crippen LogP) is 3.03. The molecule has 0 aliphatic rings. The average molecular weight is 322 g/mol. The molecule has 4 heteroatoms. The van der Waals surface area contributed by atoms with Gasteiger partial charge in [0.15, 0.2) is 0 Å². The number of nitrogens with two attached hydrogens (primary N) is 1. The van der Waals surface area contributed by atoms with Gasteiger partial charge in [0.25, 0.3) is 0 Å². The molecule has 0 aliphatic carbocycles. The number of hydrogen-bond donors (Lipinski definition) is 1. The molecule has 0 aliphatic heterocycles. The standard InChI is InChI=1S/C15H20BrN3/c1-2-19-11-13(10-18-19)7-12(9-17)8-14-5-3-4-6-15(14)16/h3-6,10-12H,2,7-9,17H2,1H3. The molecule has 1 heterocycles. The van der Waals surface area contributed by atoms with Crippen molar-refractivity contribution in [3.8, 4) is 0 Å². The van der Waals surface area contributed by atoms with E-state index >= 15 is 0 Å². The Kier molecular flexibility index (Phi) is 5.16. The first-order valence-electron chi connectivity index (χ1n) is 6.67. The molecule has 3 nitrogen and oxygen atoms in total. The summed E-state index contributed by atoms with van der Waals surface area (Å²) < 4.78 is 3.12. The second-order valence-electron chi connectivity index (χ2n) is 4.81. The molecule has 0 bridgehead atoms. The Morgan fingerprint density at radius 1 is 1.32 bits per heavy atom. The van der Waals surface area contributed by atoms with Crippen molar-refractivity contribution in [2.24, 2.45) is 11.7 Å². The SMILES string of the molecule is CCn1cc(CC(CN)Cc2ccccc2Br)cn1. The zero-order valence-corrected chi connectivity index (χ0v) is 12.8. The van der Waals surface area contributed by atoms with Crippen molar-refractivity contribution in [2.45, 2.75) is 26.3 Å². The van der Waals surface area contributed by atoms with Gasteiger partial charge in [-0.3, -0.25) is 4.68 Å². The Hall–Kier alpha value is -1.13. The van der Waals surface area contributed by atoms with Crippen molar-refractivity contribution in [2.75, 3.05) is 6.54 Å². The van der Waals surface area contributed by atoms with Crippen LogP contribution < -0.4 is 5.73 Å². The molecule has 1 aromatic carbocycles. The van der Waals surface area contributed by atoms with Gasteiger partial charge in [-0.2, -0.15) is 5.10 Å². The van der Waals surface area contributed by atoms with E-state index in [9.17, 15) is 0 Å². The van der Waals surface area contributed by atoms with Crippen LogP contribution in [0.3, 0.4) is 0 Å². The number of rotatable bonds is 6. The number of hydrogen-bond acceptors (Lipinski definition) is 2. The first-order valence-corrected chi connectivity index (χ1v) is 7.47. The van der Waals surface area contributed by atoms with Gasteiger partial charge in [0.05, 0.1) is 6.20 Å². The number of aromatic nitrogens is 2. The van der Waals surface area contributed by atoms with Crippen LogP contribution in [0.1, 0.15) is 18.1 Å². The second-order valence-corrected chi connectivity index (χ2v) is 5.66. The van der Waals surface area contributed by atoms with Crippen LogP contribution in [0.2, 0.25) is 0 Å². The second kappa shape index (κ2) is 6.87. The first kappa shape index (κ1) is 14.3. The van der Waals surface area contributed by atoms with E-state index in [4.69, 9.17) is 5.73 Å². The van der Waals surface area contributed by atoms with Crippen LogP contribution in [0, 0.1) is 5.92 Å². The van der Waals surface area contributed by atoms with Crippen LogP contribution in [-0.4, -0.2) is 16.3 Å². The molecule has 0 radical (unpaired) electrons. The average Bonchev–Trinajstić information content (AvgIpc) is 2.88. The lowest BCUT2D eigenvalue weighted by atomic mass is 9.94. The fourth-order valence-corrected chi connectivity index (χ4v) is 2.68. The minimum Gasteiger partial charge on any atom is -0.330 e. The summed E-state index contributed by atoms with van der Waals surface area (Å²) in [5.41, 5.74) is 8.50. The van der Waals surface area contributed by atoms with E-state index in [2.05, 4.69) is 52.3 Å². The maximum atomic E-state index is 5.92. The molecule has 102 valence electrons. The van der Waals surface area contributed by atoms with Gasteiger partial charge in [-0.05, 0) is 49.4 Å². The van der Waals surface area contributed by atoms with E-state index in [0.717, 1.165) is 23.9 Å². The molecular formula is C15H20BrN3. The summed E-state index contributed by atoms with van der Waals surface area (Å²) in [7, 11) is 0. The van der Waals surface area contributed by atoms with Crippen molar-refractivity contribution >= 4 is 15.9 Å². The van der Waals surface area contributed by atoms with Crippen molar-refractivity contribution in [3.05, 3.63) is 52.3 Å². The van der Waals surface area contributed by atoms with E-state index in [0.29, 0.717) is 12.5 Å². The lowest BCUT2D eigenvalue weighted by molar-refractivity contribution is 0.532. The fourth-order valence-electron chi connectivity index (χ4n) is 2.23. The van der Waals surface area contributed by atoms with Crippen LogP contribution >= 0.6 is 15.9 Å². The van der Waals surface area contributed by atoms with Gasteiger partial charge >= 0.3 is 0 Å². The Morgan fingerprint density at radius 2 is 2.11 bits per heavy atom. The summed E-state index contributed by atoms with van der Waals surface area (Å²) in [6.45, 7) is 3.70. The molecule has 0 amide bonds. The quantitative estimate of drug-likeness (QED) is 0.888. The third-order valence-electron chi connectivity index (χ3n) is 3.33. The molecule has 0 saturated heterocycles. The van der Waals surface area contributed by atoms with Crippen LogP contribution in [0.15, 0.2) is 41.1 Å². The third-order valence-corrected chi connectivity index (χ3v) is 4.11. The van der Waals surface area contributed by atoms with E-state index in [1.165, 1.54) is 11.1 Å². The summed E-state index contributed by atoms with van der Waals surface area (Å²) >= 11 is 3.60. The lowest BCUT2D eigenvalue weighted by Gasteiger charge is -2.14. The summed E-state index contributed by atoms with van der Waals surface area (Å²) in [5, 5.41) is 4.31. The minimum absolute atomic E-state index is 0.452. The predicted molar refractivity (Wildman–Crippen MR) is 82.0 cm³/mol. The number of benzene rings is 1. The summed E-state index contributed by atoms with van der Waals surface area (Å²) in [6.07, 6.45) is 6.04. The van der Waals surface area contributed by atoms with E-state index in [-0.39, 0.29) is 0 Å². The fraction of sp³-hybridized carbons (Fsp3) is 0.400. The van der Waals surface area contributed by atoms with E-state index in [1.54, 1.807) is 0 Å². The monoisotopic (exact) mass is 321 g/mol. The summed E-state index contributed by atoms with van der Waals surface area (Å²) in [4.78, 5) is 0. The zero-order valence-electron chi connectivity index (χ0n) is 11.2. The highest BCUT2D eigenvalue weighted by molar-refractivity contribution is 9.10. The van der Waals surface area contributed by atoms with Gasteiger partial charge in [0.1, 0.15) is 0 Å². The summed E-state index contributed by atoms with van der Waals surface area (Å²) in [6, 6.07) is 8.35. The highest BCUT2D eigenvalue weighted by Crippen LogP contribution is 2.21. The normalized spacial score (nSPS) is 12.6. The Bertz CT molecular complexity index is 522. The molecule has 1 unspecified atom stereocenters. The highest BCUT2D eigenvalue weighted by atomic mass is 79.9. The van der Waals surface area contributed by atoms with E-state index in [1.807, 2.05) is 16.9 Å². The van der Waals surface area contributed by atoms with Crippen LogP contribution in [0.25, 0.3) is 0 Å². The third kappa shape index (κ3) is 3.91. The smallest absolute Gasteiger partial charge is 0.0521 e.